The molecule has 0 bridgehead atoms. The molecule has 0 aliphatic carbocycles. The number of aliphatic hydroxyl groups excluding tert-OH is 1. The average molecular weight is 366 g/mol. The highest BCUT2D eigenvalue weighted by molar-refractivity contribution is 5.57. The van der Waals surface area contributed by atoms with Crippen LogP contribution in [0.4, 0.5) is 8.78 Å². The van der Waals surface area contributed by atoms with Crippen LogP contribution < -0.4 is 4.74 Å². The van der Waals surface area contributed by atoms with Gasteiger partial charge in [-0.1, -0.05) is 12.1 Å². The molecule has 1 aromatic carbocycles. The molecule has 6 nitrogen and oxygen atoms in total. The van der Waals surface area contributed by atoms with Gasteiger partial charge in [0.15, 0.2) is 11.6 Å². The van der Waals surface area contributed by atoms with Gasteiger partial charge in [0.1, 0.15) is 5.75 Å². The van der Waals surface area contributed by atoms with E-state index in [4.69, 9.17) is 0 Å². The highest BCUT2D eigenvalue weighted by Crippen LogP contribution is 2.25. The molecule has 1 aliphatic rings. The molecule has 1 fully saturated rings. The van der Waals surface area contributed by atoms with Crippen LogP contribution in [-0.4, -0.2) is 58.1 Å². The lowest BCUT2D eigenvalue weighted by molar-refractivity contribution is -0.0498. The Labute approximate surface area is 151 Å². The van der Waals surface area contributed by atoms with Crippen LogP contribution in [0.25, 0.3) is 11.4 Å². The second-order valence-electron chi connectivity index (χ2n) is 6.66. The zero-order valence-corrected chi connectivity index (χ0v) is 14.8. The molecule has 0 amide bonds. The number of benzene rings is 1. The Morgan fingerprint density at radius 2 is 2.08 bits per heavy atom. The lowest BCUT2D eigenvalue weighted by atomic mass is 9.94. The van der Waals surface area contributed by atoms with Crippen molar-refractivity contribution in [2.24, 2.45) is 5.92 Å². The third-order valence-corrected chi connectivity index (χ3v) is 4.65. The number of aromatic nitrogens is 3. The van der Waals surface area contributed by atoms with E-state index in [0.717, 1.165) is 38.2 Å². The van der Waals surface area contributed by atoms with Crippen LogP contribution in [0.15, 0.2) is 24.3 Å². The Bertz CT molecular complexity index is 715. The summed E-state index contributed by atoms with van der Waals surface area (Å²) in [5.74, 6) is 1.90. The molecule has 142 valence electrons. The Morgan fingerprint density at radius 1 is 1.31 bits per heavy atom. The number of piperidine rings is 1. The van der Waals surface area contributed by atoms with Gasteiger partial charge in [-0.2, -0.15) is 13.9 Å². The number of alkyl halides is 2. The highest BCUT2D eigenvalue weighted by atomic mass is 19.3. The molecule has 26 heavy (non-hydrogen) atoms. The molecule has 2 aromatic rings. The van der Waals surface area contributed by atoms with Gasteiger partial charge >= 0.3 is 6.61 Å². The van der Waals surface area contributed by atoms with Crippen molar-refractivity contribution in [3.05, 3.63) is 30.1 Å². The van der Waals surface area contributed by atoms with Crippen molar-refractivity contribution in [3.63, 3.8) is 0 Å². The summed E-state index contributed by atoms with van der Waals surface area (Å²) in [5.41, 5.74) is 0.638. The van der Waals surface area contributed by atoms with Crippen LogP contribution in [0.1, 0.15) is 18.7 Å². The number of nitrogens with zero attached hydrogens (tertiary/aromatic N) is 4. The van der Waals surface area contributed by atoms with E-state index in [1.165, 1.54) is 12.1 Å². The van der Waals surface area contributed by atoms with Gasteiger partial charge in [0.05, 0.1) is 13.2 Å². The average Bonchev–Trinajstić information content (AvgIpc) is 2.99. The minimum Gasteiger partial charge on any atom is -0.435 e. The number of rotatable bonds is 7. The summed E-state index contributed by atoms with van der Waals surface area (Å²) in [6.45, 7) is -0.503. The van der Waals surface area contributed by atoms with E-state index in [2.05, 4.69) is 26.8 Å². The molecule has 3 rings (SSSR count). The smallest absolute Gasteiger partial charge is 0.387 e. The fourth-order valence-corrected chi connectivity index (χ4v) is 3.28. The van der Waals surface area contributed by atoms with Gasteiger partial charge in [-0.3, -0.25) is 0 Å². The summed E-state index contributed by atoms with van der Waals surface area (Å²) in [6.07, 6.45) is 3.00. The minimum absolute atomic E-state index is 0.0722. The zero-order chi connectivity index (χ0) is 18.5. The summed E-state index contributed by atoms with van der Waals surface area (Å²) in [6, 6.07) is 6.41. The Kier molecular flexibility index (Phi) is 6.16. The summed E-state index contributed by atoms with van der Waals surface area (Å²) in [5, 5.41) is 13.8. The first-order valence-corrected chi connectivity index (χ1v) is 8.83. The van der Waals surface area contributed by atoms with Gasteiger partial charge in [0, 0.05) is 12.0 Å². The van der Waals surface area contributed by atoms with Crippen molar-refractivity contribution in [1.82, 2.24) is 19.7 Å². The van der Waals surface area contributed by atoms with Crippen LogP contribution in [0.5, 0.6) is 5.75 Å². The number of ether oxygens (including phenoxy) is 1. The highest BCUT2D eigenvalue weighted by Gasteiger charge is 2.20. The van der Waals surface area contributed by atoms with Crippen LogP contribution in [0, 0.1) is 5.92 Å². The topological polar surface area (TPSA) is 63.4 Å². The van der Waals surface area contributed by atoms with E-state index >= 15 is 0 Å². The molecule has 0 radical (unpaired) electrons. The Hall–Kier alpha value is -2.06. The molecule has 0 spiro atoms. The van der Waals surface area contributed by atoms with Crippen molar-refractivity contribution in [3.8, 4) is 17.1 Å². The van der Waals surface area contributed by atoms with Crippen molar-refractivity contribution < 1.29 is 18.6 Å². The third-order valence-electron chi connectivity index (χ3n) is 4.65. The largest absolute Gasteiger partial charge is 0.435 e. The van der Waals surface area contributed by atoms with Crippen LogP contribution >= 0.6 is 0 Å². The van der Waals surface area contributed by atoms with E-state index in [-0.39, 0.29) is 12.4 Å². The molecule has 0 atom stereocenters. The molecular formula is C18H24F2N4O2. The molecule has 2 heterocycles. The maximum Gasteiger partial charge on any atom is 0.387 e. The SMILES string of the molecule is CN1CCC(Cc2nc(-c3cccc(OC(F)F)c3)n(CCO)n2)CC1. The molecule has 1 saturated heterocycles. The van der Waals surface area contributed by atoms with Crippen molar-refractivity contribution >= 4 is 0 Å². The van der Waals surface area contributed by atoms with Crippen LogP contribution in [0.3, 0.4) is 0 Å². The fourth-order valence-electron chi connectivity index (χ4n) is 3.28. The van der Waals surface area contributed by atoms with Gasteiger partial charge in [0.25, 0.3) is 0 Å². The molecule has 1 aromatic heterocycles. The van der Waals surface area contributed by atoms with Gasteiger partial charge in [-0.05, 0) is 51.0 Å². The first-order chi connectivity index (χ1) is 12.5. The maximum absolute atomic E-state index is 12.5. The standard InChI is InChI=1S/C18H24F2N4O2/c1-23-7-5-13(6-8-23)11-16-21-17(24(22-16)9-10-25)14-3-2-4-15(12-14)26-18(19)20/h2-4,12-13,18,25H,5-11H2,1H3. The molecule has 8 heteroatoms. The van der Waals surface area contributed by atoms with Gasteiger partial charge in [-0.25, -0.2) is 9.67 Å². The minimum atomic E-state index is -2.87. The van der Waals surface area contributed by atoms with Crippen LogP contribution in [0.2, 0.25) is 0 Å². The molecule has 1 N–H and O–H groups in total. The number of hydrogen-bond acceptors (Lipinski definition) is 5. The van der Waals surface area contributed by atoms with E-state index in [1.807, 2.05) is 0 Å². The molecule has 0 saturated carbocycles. The predicted octanol–water partition coefficient (Wildman–Crippen LogP) is 2.42. The first-order valence-electron chi connectivity index (χ1n) is 8.83. The van der Waals surface area contributed by atoms with E-state index in [0.29, 0.717) is 23.9 Å². The number of likely N-dealkylation sites (tertiary alicyclic amines) is 1. The number of hydrogen-bond donors (Lipinski definition) is 1. The lowest BCUT2D eigenvalue weighted by Gasteiger charge is -2.28. The normalized spacial score (nSPS) is 16.3. The monoisotopic (exact) mass is 366 g/mol. The fraction of sp³-hybridized carbons (Fsp3) is 0.556. The molecule has 0 unspecified atom stereocenters. The third kappa shape index (κ3) is 4.76. The Morgan fingerprint density at radius 3 is 2.77 bits per heavy atom. The maximum atomic E-state index is 12.5. The second-order valence-corrected chi connectivity index (χ2v) is 6.66. The zero-order valence-electron chi connectivity index (χ0n) is 14.8. The van der Waals surface area contributed by atoms with Gasteiger partial charge < -0.3 is 14.7 Å². The predicted molar refractivity (Wildman–Crippen MR) is 93.1 cm³/mol. The van der Waals surface area contributed by atoms with Crippen molar-refractivity contribution in [2.45, 2.75) is 32.4 Å². The molecular weight excluding hydrogens is 342 g/mol. The number of halogens is 2. The summed E-state index contributed by atoms with van der Waals surface area (Å²) in [4.78, 5) is 6.93. The van der Waals surface area contributed by atoms with Crippen molar-refractivity contribution in [1.29, 1.82) is 0 Å². The first kappa shape index (κ1) is 18.7. The van der Waals surface area contributed by atoms with E-state index < -0.39 is 6.61 Å². The van der Waals surface area contributed by atoms with Gasteiger partial charge in [-0.15, -0.1) is 0 Å². The van der Waals surface area contributed by atoms with Crippen LogP contribution in [-0.2, 0) is 13.0 Å². The quantitative estimate of drug-likeness (QED) is 0.815. The summed E-state index contributed by atoms with van der Waals surface area (Å²) >= 11 is 0. The van der Waals surface area contributed by atoms with E-state index in [1.54, 1.807) is 16.8 Å². The summed E-state index contributed by atoms with van der Waals surface area (Å²) < 4.78 is 31.0. The van der Waals surface area contributed by atoms with Gasteiger partial charge in [0.2, 0.25) is 0 Å². The summed E-state index contributed by atoms with van der Waals surface area (Å²) in [7, 11) is 2.12. The Balaban J connectivity index is 1.81. The number of aliphatic hydroxyl groups is 1. The lowest BCUT2D eigenvalue weighted by Crippen LogP contribution is -2.31. The molecule has 1 aliphatic heterocycles. The second kappa shape index (κ2) is 8.55. The van der Waals surface area contributed by atoms with E-state index in [9.17, 15) is 13.9 Å². The van der Waals surface area contributed by atoms with Crippen molar-refractivity contribution in [2.75, 3.05) is 26.7 Å².